The molecule has 0 aliphatic rings. The van der Waals surface area contributed by atoms with E-state index in [2.05, 4.69) is 10.6 Å². The highest BCUT2D eigenvalue weighted by Gasteiger charge is 2.19. The van der Waals surface area contributed by atoms with Gasteiger partial charge in [-0.25, -0.2) is 9.59 Å². The van der Waals surface area contributed by atoms with Crippen LogP contribution in [0.1, 0.15) is 11.3 Å². The van der Waals surface area contributed by atoms with E-state index in [0.29, 0.717) is 10.9 Å². The number of carbonyl (C=O) groups is 2. The summed E-state index contributed by atoms with van der Waals surface area (Å²) in [7, 11) is 1.47. The lowest BCUT2D eigenvalue weighted by Gasteiger charge is -2.14. The van der Waals surface area contributed by atoms with Crippen LogP contribution in [0.2, 0.25) is 4.34 Å². The van der Waals surface area contributed by atoms with Crippen molar-refractivity contribution in [1.29, 1.82) is 0 Å². The number of ether oxygens (including phenoxy) is 1. The predicted octanol–water partition coefficient (Wildman–Crippen LogP) is 1.69. The molecule has 0 aliphatic carbocycles. The van der Waals surface area contributed by atoms with Crippen LogP contribution in [0.3, 0.4) is 0 Å². The lowest BCUT2D eigenvalue weighted by atomic mass is 10.2. The number of carboxylic acids is 1. The van der Waals surface area contributed by atoms with Gasteiger partial charge in [-0.1, -0.05) is 11.6 Å². The zero-order chi connectivity index (χ0) is 14.3. The summed E-state index contributed by atoms with van der Waals surface area (Å²) in [6, 6.07) is 2.03. The molecule has 1 atom stereocenters. The number of methoxy groups -OCH3 is 1. The van der Waals surface area contributed by atoms with Crippen molar-refractivity contribution in [3.05, 3.63) is 21.3 Å². The highest BCUT2D eigenvalue weighted by molar-refractivity contribution is 7.16. The van der Waals surface area contributed by atoms with E-state index in [-0.39, 0.29) is 13.0 Å². The molecule has 8 heteroatoms. The number of aliphatic carboxylic acids is 1. The second kappa shape index (κ2) is 7.98. The fourth-order valence-electron chi connectivity index (χ4n) is 1.32. The summed E-state index contributed by atoms with van der Waals surface area (Å²) in [6.07, 6.45) is 0.212. The topological polar surface area (TPSA) is 87.7 Å². The summed E-state index contributed by atoms with van der Waals surface area (Å²) in [6.45, 7) is 0.567. The summed E-state index contributed by atoms with van der Waals surface area (Å²) in [5.41, 5.74) is 0. The van der Waals surface area contributed by atoms with E-state index in [1.807, 2.05) is 0 Å². The maximum atomic E-state index is 11.5. The smallest absolute Gasteiger partial charge is 0.326 e. The number of urea groups is 1. The molecule has 1 aromatic heterocycles. The van der Waals surface area contributed by atoms with Gasteiger partial charge in [0, 0.05) is 25.0 Å². The Labute approximate surface area is 119 Å². The first-order chi connectivity index (χ1) is 9.02. The Morgan fingerprint density at radius 1 is 1.53 bits per heavy atom. The van der Waals surface area contributed by atoms with Crippen molar-refractivity contribution in [2.75, 3.05) is 13.7 Å². The van der Waals surface area contributed by atoms with E-state index < -0.39 is 18.0 Å². The minimum absolute atomic E-state index is 0.212. The van der Waals surface area contributed by atoms with Gasteiger partial charge >= 0.3 is 12.0 Å². The van der Waals surface area contributed by atoms with Gasteiger partial charge in [0.2, 0.25) is 0 Å². The van der Waals surface area contributed by atoms with Crippen LogP contribution in [0.25, 0.3) is 0 Å². The van der Waals surface area contributed by atoms with Gasteiger partial charge in [0.15, 0.2) is 0 Å². The fraction of sp³-hybridized carbons (Fsp3) is 0.455. The van der Waals surface area contributed by atoms with Gasteiger partial charge in [0.25, 0.3) is 0 Å². The zero-order valence-corrected chi connectivity index (χ0v) is 11.9. The molecule has 6 nitrogen and oxygen atoms in total. The molecule has 1 unspecified atom stereocenters. The lowest BCUT2D eigenvalue weighted by Crippen LogP contribution is -2.46. The van der Waals surface area contributed by atoms with Crippen molar-refractivity contribution in [1.82, 2.24) is 10.6 Å². The van der Waals surface area contributed by atoms with Gasteiger partial charge in [-0.15, -0.1) is 11.3 Å². The standard InChI is InChI=1S/C11H15ClN2O4S/c1-18-5-4-8(10(15)16)14-11(17)13-6-7-2-3-9(12)19-7/h2-3,8H,4-6H2,1H3,(H,15,16)(H2,13,14,17). The maximum absolute atomic E-state index is 11.5. The molecule has 0 radical (unpaired) electrons. The van der Waals surface area contributed by atoms with Crippen molar-refractivity contribution in [3.63, 3.8) is 0 Å². The number of carboxylic acid groups (broad SMARTS) is 1. The largest absolute Gasteiger partial charge is 0.480 e. The minimum Gasteiger partial charge on any atom is -0.480 e. The average molecular weight is 307 g/mol. The number of nitrogens with one attached hydrogen (secondary N) is 2. The first kappa shape index (κ1) is 15.7. The molecule has 0 saturated carbocycles. The average Bonchev–Trinajstić information content (AvgIpc) is 2.77. The number of hydrogen-bond acceptors (Lipinski definition) is 4. The molecular weight excluding hydrogens is 292 g/mol. The highest BCUT2D eigenvalue weighted by atomic mass is 35.5. The van der Waals surface area contributed by atoms with E-state index >= 15 is 0 Å². The Hall–Kier alpha value is -1.31. The fourth-order valence-corrected chi connectivity index (χ4v) is 2.34. The molecule has 1 aromatic rings. The third-order valence-corrected chi connectivity index (χ3v) is 3.50. The first-order valence-electron chi connectivity index (χ1n) is 5.53. The summed E-state index contributed by atoms with van der Waals surface area (Å²) in [4.78, 5) is 23.3. The number of rotatable bonds is 7. The molecule has 0 saturated heterocycles. The predicted molar refractivity (Wildman–Crippen MR) is 72.6 cm³/mol. The number of carbonyl (C=O) groups excluding carboxylic acids is 1. The summed E-state index contributed by atoms with van der Waals surface area (Å²) in [5, 5.41) is 13.9. The molecule has 2 amide bonds. The molecule has 0 bridgehead atoms. The van der Waals surface area contributed by atoms with Crippen LogP contribution in [0.5, 0.6) is 0 Å². The Kier molecular flexibility index (Phi) is 6.61. The van der Waals surface area contributed by atoms with Crippen LogP contribution in [-0.4, -0.2) is 36.9 Å². The molecule has 0 aromatic carbocycles. The van der Waals surface area contributed by atoms with Gasteiger partial charge in [-0.2, -0.15) is 0 Å². The van der Waals surface area contributed by atoms with Crippen LogP contribution in [0.4, 0.5) is 4.79 Å². The van der Waals surface area contributed by atoms with Crippen LogP contribution >= 0.6 is 22.9 Å². The second-order valence-electron chi connectivity index (χ2n) is 3.71. The molecule has 19 heavy (non-hydrogen) atoms. The van der Waals surface area contributed by atoms with E-state index in [1.165, 1.54) is 18.4 Å². The van der Waals surface area contributed by atoms with Gasteiger partial charge in [-0.3, -0.25) is 0 Å². The molecule has 0 spiro atoms. The van der Waals surface area contributed by atoms with Crippen molar-refractivity contribution >= 4 is 34.9 Å². The minimum atomic E-state index is -1.09. The van der Waals surface area contributed by atoms with Crippen molar-refractivity contribution in [2.45, 2.75) is 19.0 Å². The Morgan fingerprint density at radius 3 is 2.79 bits per heavy atom. The lowest BCUT2D eigenvalue weighted by molar-refractivity contribution is -0.139. The molecule has 1 rings (SSSR count). The van der Waals surface area contributed by atoms with Crippen LogP contribution in [0, 0.1) is 0 Å². The third kappa shape index (κ3) is 5.91. The normalized spacial score (nSPS) is 11.9. The second-order valence-corrected chi connectivity index (χ2v) is 5.50. The SMILES string of the molecule is COCCC(NC(=O)NCc1ccc(Cl)s1)C(=O)O. The Bertz CT molecular complexity index is 438. The molecule has 106 valence electrons. The van der Waals surface area contributed by atoms with Gasteiger partial charge in [0.05, 0.1) is 10.9 Å². The summed E-state index contributed by atoms with van der Waals surface area (Å²) < 4.78 is 5.43. The van der Waals surface area contributed by atoms with E-state index in [1.54, 1.807) is 12.1 Å². The third-order valence-electron chi connectivity index (χ3n) is 2.27. The van der Waals surface area contributed by atoms with Crippen molar-refractivity contribution in [2.24, 2.45) is 0 Å². The van der Waals surface area contributed by atoms with Gasteiger partial charge < -0.3 is 20.5 Å². The van der Waals surface area contributed by atoms with E-state index in [4.69, 9.17) is 21.4 Å². The Morgan fingerprint density at radius 2 is 2.26 bits per heavy atom. The van der Waals surface area contributed by atoms with Crippen molar-refractivity contribution in [3.8, 4) is 0 Å². The molecule has 0 aliphatic heterocycles. The van der Waals surface area contributed by atoms with Crippen LogP contribution in [0.15, 0.2) is 12.1 Å². The quantitative estimate of drug-likeness (QED) is 0.715. The molecule has 0 fully saturated rings. The first-order valence-corrected chi connectivity index (χ1v) is 6.72. The van der Waals surface area contributed by atoms with E-state index in [9.17, 15) is 9.59 Å². The van der Waals surface area contributed by atoms with E-state index in [0.717, 1.165) is 4.88 Å². The number of halogens is 1. The maximum Gasteiger partial charge on any atom is 0.326 e. The molecule has 3 N–H and O–H groups in total. The summed E-state index contributed by atoms with van der Waals surface area (Å²) >= 11 is 7.11. The summed E-state index contributed by atoms with van der Waals surface area (Å²) in [5.74, 6) is -1.09. The van der Waals surface area contributed by atoms with Crippen molar-refractivity contribution < 1.29 is 19.4 Å². The molecule has 1 heterocycles. The van der Waals surface area contributed by atoms with Gasteiger partial charge in [-0.05, 0) is 12.1 Å². The highest BCUT2D eigenvalue weighted by Crippen LogP contribution is 2.20. The number of amides is 2. The monoisotopic (exact) mass is 306 g/mol. The van der Waals surface area contributed by atoms with Crippen LogP contribution < -0.4 is 10.6 Å². The Balaban J connectivity index is 2.37. The zero-order valence-electron chi connectivity index (χ0n) is 10.3. The van der Waals surface area contributed by atoms with Crippen LogP contribution in [-0.2, 0) is 16.1 Å². The van der Waals surface area contributed by atoms with Gasteiger partial charge in [0.1, 0.15) is 6.04 Å². The molecular formula is C11H15ClN2O4S. The number of thiophene rings is 1. The number of hydrogen-bond donors (Lipinski definition) is 3.